The smallest absolute Gasteiger partial charge is 0.119 e. The molecular formula is C25H24FN. The molecule has 0 aliphatic rings. The van der Waals surface area contributed by atoms with Crippen LogP contribution in [0.3, 0.4) is 0 Å². The molecule has 0 unspecified atom stereocenters. The molecule has 0 aliphatic carbocycles. The first-order valence-electron chi connectivity index (χ1n) is 9.08. The summed E-state index contributed by atoms with van der Waals surface area (Å²) in [5.41, 5.74) is 6.55. The van der Waals surface area contributed by atoms with Crippen LogP contribution < -0.4 is 4.90 Å². The maximum atomic E-state index is 13.4. The first kappa shape index (κ1) is 18.7. The van der Waals surface area contributed by atoms with Crippen LogP contribution in [0.2, 0.25) is 0 Å². The van der Waals surface area contributed by atoms with E-state index in [1.54, 1.807) is 13.0 Å². The monoisotopic (exact) mass is 357 g/mol. The summed E-state index contributed by atoms with van der Waals surface area (Å²) in [6.45, 7) is 3.62. The number of anilines is 2. The predicted molar refractivity (Wildman–Crippen MR) is 115 cm³/mol. The Balaban J connectivity index is 1.78. The number of hydrogen-bond acceptors (Lipinski definition) is 1. The van der Waals surface area contributed by atoms with Gasteiger partial charge in [0.2, 0.25) is 0 Å². The molecule has 0 saturated heterocycles. The zero-order valence-corrected chi connectivity index (χ0v) is 16.0. The van der Waals surface area contributed by atoms with Crippen molar-refractivity contribution in [1.82, 2.24) is 0 Å². The highest BCUT2D eigenvalue weighted by atomic mass is 19.1. The van der Waals surface area contributed by atoms with Crippen molar-refractivity contribution in [1.29, 1.82) is 0 Å². The number of halogens is 1. The summed E-state index contributed by atoms with van der Waals surface area (Å²) in [5, 5.41) is 0. The van der Waals surface area contributed by atoms with Crippen LogP contribution in [-0.2, 0) is 0 Å². The van der Waals surface area contributed by atoms with Crippen LogP contribution in [0.15, 0.2) is 96.8 Å². The fourth-order valence-electron chi connectivity index (χ4n) is 2.98. The van der Waals surface area contributed by atoms with Crippen LogP contribution in [0.5, 0.6) is 0 Å². The summed E-state index contributed by atoms with van der Waals surface area (Å²) in [6.07, 6.45) is 3.02. The molecule has 0 N–H and O–H groups in total. The molecular weight excluding hydrogens is 333 g/mol. The quantitative estimate of drug-likeness (QED) is 0.430. The lowest BCUT2D eigenvalue weighted by molar-refractivity contribution is 0.665. The highest BCUT2D eigenvalue weighted by Crippen LogP contribution is 2.28. The molecule has 3 aromatic rings. The number of rotatable bonds is 5. The second kappa shape index (κ2) is 8.50. The normalized spacial score (nSPS) is 12.1. The summed E-state index contributed by atoms with van der Waals surface area (Å²) in [5.74, 6) is -0.216. The van der Waals surface area contributed by atoms with Gasteiger partial charge < -0.3 is 4.90 Å². The molecule has 136 valence electrons. The van der Waals surface area contributed by atoms with E-state index in [0.717, 1.165) is 22.5 Å². The number of allylic oxidation sites excluding steroid dienone is 4. The molecule has 0 radical (unpaired) electrons. The van der Waals surface area contributed by atoms with E-state index < -0.39 is 0 Å². The molecule has 0 fully saturated rings. The molecule has 0 spiro atoms. The number of benzene rings is 3. The lowest BCUT2D eigenvalue weighted by atomic mass is 10.0. The van der Waals surface area contributed by atoms with Crippen LogP contribution in [0, 0.1) is 0 Å². The average Bonchev–Trinajstić information content (AvgIpc) is 2.74. The van der Waals surface area contributed by atoms with E-state index in [1.165, 1.54) is 17.2 Å². The zero-order valence-electron chi connectivity index (χ0n) is 16.0. The molecule has 0 bridgehead atoms. The van der Waals surface area contributed by atoms with Gasteiger partial charge in [-0.3, -0.25) is 0 Å². The Labute approximate surface area is 161 Å². The van der Waals surface area contributed by atoms with Gasteiger partial charge in [-0.25, -0.2) is 4.39 Å². The van der Waals surface area contributed by atoms with Crippen molar-refractivity contribution in [3.8, 4) is 11.1 Å². The Bertz CT molecular complexity index is 936. The third-order valence-corrected chi connectivity index (χ3v) is 4.70. The first-order chi connectivity index (χ1) is 13.1. The van der Waals surface area contributed by atoms with E-state index in [1.807, 2.05) is 25.1 Å². The number of nitrogens with zero attached hydrogens (tertiary/aromatic N) is 1. The number of hydrogen-bond donors (Lipinski definition) is 0. The fourth-order valence-corrected chi connectivity index (χ4v) is 2.98. The molecule has 2 heteroatoms. The van der Waals surface area contributed by atoms with E-state index >= 15 is 0 Å². The fraction of sp³-hybridized carbons (Fsp3) is 0.120. The molecule has 3 rings (SSSR count). The molecule has 0 saturated carbocycles. The highest BCUT2D eigenvalue weighted by Gasteiger charge is 2.06. The second-order valence-electron chi connectivity index (χ2n) is 6.52. The van der Waals surface area contributed by atoms with Gasteiger partial charge in [0, 0.05) is 18.4 Å². The molecule has 0 heterocycles. The van der Waals surface area contributed by atoms with Gasteiger partial charge in [0.25, 0.3) is 0 Å². The molecule has 0 aliphatic heterocycles. The van der Waals surface area contributed by atoms with Crippen LogP contribution in [0.1, 0.15) is 19.4 Å². The van der Waals surface area contributed by atoms with Crippen LogP contribution in [0.25, 0.3) is 16.7 Å². The molecule has 1 nitrogen and oxygen atoms in total. The van der Waals surface area contributed by atoms with Gasteiger partial charge in [0.1, 0.15) is 5.83 Å². The van der Waals surface area contributed by atoms with E-state index in [9.17, 15) is 4.39 Å². The third kappa shape index (κ3) is 4.53. The van der Waals surface area contributed by atoms with Crippen LogP contribution in [0.4, 0.5) is 15.8 Å². The Kier molecular flexibility index (Phi) is 5.87. The Morgan fingerprint density at radius 2 is 1.30 bits per heavy atom. The van der Waals surface area contributed by atoms with Gasteiger partial charge >= 0.3 is 0 Å². The minimum Gasteiger partial charge on any atom is -0.345 e. The van der Waals surface area contributed by atoms with E-state index in [-0.39, 0.29) is 5.83 Å². The van der Waals surface area contributed by atoms with Crippen molar-refractivity contribution >= 4 is 16.9 Å². The highest BCUT2D eigenvalue weighted by molar-refractivity contribution is 5.72. The second-order valence-corrected chi connectivity index (χ2v) is 6.52. The summed E-state index contributed by atoms with van der Waals surface area (Å²) in [4.78, 5) is 2.14. The minimum absolute atomic E-state index is 0.216. The molecule has 27 heavy (non-hydrogen) atoms. The van der Waals surface area contributed by atoms with Crippen molar-refractivity contribution in [2.75, 3.05) is 11.9 Å². The maximum absolute atomic E-state index is 13.4. The Morgan fingerprint density at radius 3 is 1.85 bits per heavy atom. The van der Waals surface area contributed by atoms with E-state index in [0.29, 0.717) is 0 Å². The van der Waals surface area contributed by atoms with E-state index in [4.69, 9.17) is 0 Å². The van der Waals surface area contributed by atoms with Crippen molar-refractivity contribution < 1.29 is 4.39 Å². The van der Waals surface area contributed by atoms with Gasteiger partial charge in [-0.15, -0.1) is 0 Å². The van der Waals surface area contributed by atoms with Gasteiger partial charge in [-0.2, -0.15) is 0 Å². The lowest BCUT2D eigenvalue weighted by Crippen LogP contribution is -2.09. The third-order valence-electron chi connectivity index (χ3n) is 4.70. The first-order valence-corrected chi connectivity index (χ1v) is 9.08. The summed E-state index contributed by atoms with van der Waals surface area (Å²) >= 11 is 0. The predicted octanol–water partition coefficient (Wildman–Crippen LogP) is 7.40. The topological polar surface area (TPSA) is 3.24 Å². The standard InChI is InChI=1S/C25H24FN/c1-4-23(26)18-19(2)20-10-14-24(15-11-20)27(3)25-16-12-22(13-17-25)21-8-6-5-7-9-21/h4-18H,1-3H3/b19-18+,23-4+. The van der Waals surface area contributed by atoms with Gasteiger partial charge in [-0.05, 0) is 66.5 Å². The van der Waals surface area contributed by atoms with Crippen LogP contribution >= 0.6 is 0 Å². The summed E-state index contributed by atoms with van der Waals surface area (Å²) < 4.78 is 13.4. The molecule has 3 aromatic carbocycles. The average molecular weight is 357 g/mol. The molecule has 0 aromatic heterocycles. The van der Waals surface area contributed by atoms with Crippen LogP contribution in [-0.4, -0.2) is 7.05 Å². The SMILES string of the molecule is C/C=C(F)\C=C(/C)c1ccc(N(C)c2ccc(-c3ccccc3)cc2)cc1. The van der Waals surface area contributed by atoms with Gasteiger partial charge in [0.15, 0.2) is 0 Å². The largest absolute Gasteiger partial charge is 0.345 e. The Morgan fingerprint density at radius 1 is 0.778 bits per heavy atom. The molecule has 0 amide bonds. The van der Waals surface area contributed by atoms with Crippen molar-refractivity contribution in [2.24, 2.45) is 0 Å². The van der Waals surface area contributed by atoms with Crippen molar-refractivity contribution in [2.45, 2.75) is 13.8 Å². The van der Waals surface area contributed by atoms with Crippen molar-refractivity contribution in [3.63, 3.8) is 0 Å². The zero-order chi connectivity index (χ0) is 19.2. The maximum Gasteiger partial charge on any atom is 0.119 e. The molecule has 0 atom stereocenters. The van der Waals surface area contributed by atoms with Crippen molar-refractivity contribution in [3.05, 3.63) is 102 Å². The summed E-state index contributed by atoms with van der Waals surface area (Å²) in [7, 11) is 2.05. The van der Waals surface area contributed by atoms with E-state index in [2.05, 4.69) is 72.6 Å². The minimum atomic E-state index is -0.216. The van der Waals surface area contributed by atoms with Gasteiger partial charge in [0.05, 0.1) is 0 Å². The summed E-state index contributed by atoms with van der Waals surface area (Å²) in [6, 6.07) is 27.1. The van der Waals surface area contributed by atoms with Gasteiger partial charge in [-0.1, -0.05) is 60.7 Å². The lowest BCUT2D eigenvalue weighted by Gasteiger charge is -2.20. The Hall–Kier alpha value is -3.13.